The van der Waals surface area contributed by atoms with Crippen LogP contribution in [0, 0.1) is 11.3 Å². The highest BCUT2D eigenvalue weighted by Gasteiger charge is 2.23. The molecule has 0 saturated carbocycles. The van der Waals surface area contributed by atoms with Crippen LogP contribution in [0.4, 0.5) is 10.7 Å². The quantitative estimate of drug-likeness (QED) is 0.888. The molecule has 0 aromatic carbocycles. The molecule has 8 heteroatoms. The molecular weight excluding hydrogens is 296 g/mol. The molecule has 0 aliphatic carbocycles. The first kappa shape index (κ1) is 14.3. The lowest BCUT2D eigenvalue weighted by atomic mass is 10.3. The molecule has 0 bridgehead atoms. The Morgan fingerprint density at radius 2 is 2.10 bits per heavy atom. The van der Waals surface area contributed by atoms with E-state index in [1.807, 2.05) is 18.2 Å². The van der Waals surface area contributed by atoms with Crippen LogP contribution in [-0.4, -0.2) is 19.7 Å². The Morgan fingerprint density at radius 3 is 2.65 bits per heavy atom. The number of sulfone groups is 1. The molecule has 0 spiro atoms. The van der Waals surface area contributed by atoms with Gasteiger partial charge in [-0.3, -0.25) is 4.98 Å². The summed E-state index contributed by atoms with van der Waals surface area (Å²) in [5, 5.41) is 12.4. The van der Waals surface area contributed by atoms with Crippen molar-refractivity contribution in [3.63, 3.8) is 0 Å². The zero-order chi connectivity index (χ0) is 14.8. The minimum atomic E-state index is -3.50. The van der Waals surface area contributed by atoms with E-state index in [-0.39, 0.29) is 15.5 Å². The average molecular weight is 308 g/mol. The van der Waals surface area contributed by atoms with Gasteiger partial charge in [0.15, 0.2) is 9.84 Å². The Bertz CT molecular complexity index is 761. The number of hydrogen-bond acceptors (Lipinski definition) is 7. The largest absolute Gasteiger partial charge is 0.396 e. The van der Waals surface area contributed by atoms with Gasteiger partial charge in [0.25, 0.3) is 0 Å². The lowest BCUT2D eigenvalue weighted by Gasteiger charge is -2.06. The molecular formula is C12H12N4O2S2. The molecule has 20 heavy (non-hydrogen) atoms. The van der Waals surface area contributed by atoms with Gasteiger partial charge < -0.3 is 11.1 Å². The van der Waals surface area contributed by atoms with Crippen LogP contribution in [0.15, 0.2) is 29.4 Å². The van der Waals surface area contributed by atoms with Crippen LogP contribution in [0.5, 0.6) is 0 Å². The molecule has 2 rings (SSSR count). The SMILES string of the molecule is CS(=O)(=O)c1c(NCc2ccncc2)sc(C#N)c1N. The molecule has 2 aromatic rings. The zero-order valence-electron chi connectivity index (χ0n) is 10.6. The van der Waals surface area contributed by atoms with Gasteiger partial charge in [-0.05, 0) is 17.7 Å². The molecule has 6 nitrogen and oxygen atoms in total. The minimum absolute atomic E-state index is 0.00638. The van der Waals surface area contributed by atoms with Crippen molar-refractivity contribution in [1.29, 1.82) is 5.26 Å². The van der Waals surface area contributed by atoms with E-state index in [0.717, 1.165) is 23.2 Å². The molecule has 2 heterocycles. The third kappa shape index (κ3) is 2.89. The maximum Gasteiger partial charge on any atom is 0.180 e. The molecule has 104 valence electrons. The Balaban J connectivity index is 2.35. The summed E-state index contributed by atoms with van der Waals surface area (Å²) in [5.74, 6) is 0. The first-order chi connectivity index (χ1) is 9.43. The number of pyridine rings is 1. The molecule has 0 amide bonds. The molecule has 0 fully saturated rings. The second-order valence-corrected chi connectivity index (χ2v) is 7.07. The zero-order valence-corrected chi connectivity index (χ0v) is 12.3. The number of hydrogen-bond donors (Lipinski definition) is 2. The smallest absolute Gasteiger partial charge is 0.180 e. The van der Waals surface area contributed by atoms with Gasteiger partial charge in [0.05, 0.1) is 5.69 Å². The van der Waals surface area contributed by atoms with E-state index in [9.17, 15) is 8.42 Å². The van der Waals surface area contributed by atoms with Crippen LogP contribution < -0.4 is 11.1 Å². The van der Waals surface area contributed by atoms with E-state index in [1.54, 1.807) is 12.4 Å². The Kier molecular flexibility index (Phi) is 3.92. The van der Waals surface area contributed by atoms with Crippen molar-refractivity contribution in [1.82, 2.24) is 4.98 Å². The van der Waals surface area contributed by atoms with Crippen LogP contribution >= 0.6 is 11.3 Å². The van der Waals surface area contributed by atoms with Crippen molar-refractivity contribution in [3.05, 3.63) is 35.0 Å². The molecule has 0 unspecified atom stereocenters. The summed E-state index contributed by atoms with van der Waals surface area (Å²) >= 11 is 1.04. The summed E-state index contributed by atoms with van der Waals surface area (Å²) in [6.45, 7) is 0.426. The second-order valence-electron chi connectivity index (χ2n) is 4.10. The van der Waals surface area contributed by atoms with E-state index in [4.69, 9.17) is 11.0 Å². The first-order valence-electron chi connectivity index (χ1n) is 5.58. The Morgan fingerprint density at radius 1 is 1.45 bits per heavy atom. The summed E-state index contributed by atoms with van der Waals surface area (Å²) in [7, 11) is -3.50. The van der Waals surface area contributed by atoms with Gasteiger partial charge in [-0.2, -0.15) is 5.26 Å². The van der Waals surface area contributed by atoms with E-state index in [0.29, 0.717) is 11.5 Å². The molecule has 0 aliphatic heterocycles. The number of thiophene rings is 1. The van der Waals surface area contributed by atoms with Crippen LogP contribution in [0.25, 0.3) is 0 Å². The Labute approximate surface area is 120 Å². The number of nitriles is 1. The highest BCUT2D eigenvalue weighted by molar-refractivity contribution is 7.91. The molecule has 2 aromatic heterocycles. The van der Waals surface area contributed by atoms with Gasteiger partial charge in [0, 0.05) is 25.2 Å². The molecule has 0 saturated heterocycles. The normalized spacial score (nSPS) is 11.0. The number of nitrogens with two attached hydrogens (primary N) is 1. The van der Waals surface area contributed by atoms with Crippen LogP contribution in [0.3, 0.4) is 0 Å². The van der Waals surface area contributed by atoms with E-state index < -0.39 is 9.84 Å². The van der Waals surface area contributed by atoms with Gasteiger partial charge in [-0.25, -0.2) is 8.42 Å². The predicted octanol–water partition coefficient (Wildman–Crippen LogP) is 1.61. The summed E-state index contributed by atoms with van der Waals surface area (Å²) in [6.07, 6.45) is 4.38. The fourth-order valence-corrected chi connectivity index (χ4v) is 4.04. The molecule has 3 N–H and O–H groups in total. The summed E-state index contributed by atoms with van der Waals surface area (Å²) in [4.78, 5) is 4.10. The fourth-order valence-electron chi connectivity index (χ4n) is 1.68. The summed E-state index contributed by atoms with van der Waals surface area (Å²) in [5.41, 5.74) is 6.69. The molecule has 0 aliphatic rings. The van der Waals surface area contributed by atoms with Gasteiger partial charge in [0.1, 0.15) is 20.8 Å². The fraction of sp³-hybridized carbons (Fsp3) is 0.167. The lowest BCUT2D eigenvalue weighted by molar-refractivity contribution is 0.603. The van der Waals surface area contributed by atoms with Crippen molar-refractivity contribution in [2.24, 2.45) is 0 Å². The highest BCUT2D eigenvalue weighted by Crippen LogP contribution is 2.38. The predicted molar refractivity (Wildman–Crippen MR) is 78.1 cm³/mol. The average Bonchev–Trinajstić information content (AvgIpc) is 2.73. The maximum absolute atomic E-state index is 11.8. The maximum atomic E-state index is 11.8. The third-order valence-electron chi connectivity index (χ3n) is 2.57. The first-order valence-corrected chi connectivity index (χ1v) is 8.29. The monoisotopic (exact) mass is 308 g/mol. The van der Waals surface area contributed by atoms with Crippen molar-refractivity contribution in [2.45, 2.75) is 11.4 Å². The van der Waals surface area contributed by atoms with Crippen LogP contribution in [0.1, 0.15) is 10.4 Å². The second kappa shape index (κ2) is 5.48. The number of anilines is 2. The van der Waals surface area contributed by atoms with Crippen LogP contribution in [0.2, 0.25) is 0 Å². The van der Waals surface area contributed by atoms with E-state index >= 15 is 0 Å². The third-order valence-corrected chi connectivity index (χ3v) is 4.94. The standard InChI is InChI=1S/C12H12N4O2S2/c1-20(17,18)11-10(14)9(6-13)19-12(11)16-7-8-2-4-15-5-3-8/h2-5,16H,7,14H2,1H3. The van der Waals surface area contributed by atoms with Crippen molar-refractivity contribution < 1.29 is 8.42 Å². The number of nitrogen functional groups attached to an aromatic ring is 1. The summed E-state index contributed by atoms with van der Waals surface area (Å²) < 4.78 is 23.6. The number of nitrogens with one attached hydrogen (secondary N) is 1. The molecule has 0 atom stereocenters. The van der Waals surface area contributed by atoms with Crippen molar-refractivity contribution in [3.8, 4) is 6.07 Å². The molecule has 0 radical (unpaired) electrons. The van der Waals surface area contributed by atoms with Gasteiger partial charge in [-0.1, -0.05) is 0 Å². The van der Waals surface area contributed by atoms with Crippen molar-refractivity contribution >= 4 is 31.9 Å². The van der Waals surface area contributed by atoms with Crippen LogP contribution in [-0.2, 0) is 16.4 Å². The van der Waals surface area contributed by atoms with E-state index in [2.05, 4.69) is 10.3 Å². The minimum Gasteiger partial charge on any atom is -0.396 e. The van der Waals surface area contributed by atoms with Gasteiger partial charge in [-0.15, -0.1) is 11.3 Å². The number of nitrogens with zero attached hydrogens (tertiary/aromatic N) is 2. The highest BCUT2D eigenvalue weighted by atomic mass is 32.2. The number of rotatable bonds is 4. The topological polar surface area (TPSA) is 109 Å². The number of aromatic nitrogens is 1. The van der Waals surface area contributed by atoms with Crippen molar-refractivity contribution in [2.75, 3.05) is 17.3 Å². The summed E-state index contributed by atoms with van der Waals surface area (Å²) in [6, 6.07) is 5.53. The van der Waals surface area contributed by atoms with E-state index in [1.165, 1.54) is 0 Å². The van der Waals surface area contributed by atoms with Gasteiger partial charge in [0.2, 0.25) is 0 Å². The lowest BCUT2D eigenvalue weighted by Crippen LogP contribution is -2.05. The Hall–Kier alpha value is -2.11. The van der Waals surface area contributed by atoms with Gasteiger partial charge >= 0.3 is 0 Å².